The number of benzene rings is 1. The van der Waals surface area contributed by atoms with Crippen LogP contribution in [0.2, 0.25) is 0 Å². The van der Waals surface area contributed by atoms with Gasteiger partial charge < -0.3 is 15.4 Å². The number of nitrogens with one attached hydrogen (secondary N) is 1. The van der Waals surface area contributed by atoms with E-state index in [1.54, 1.807) is 0 Å². The van der Waals surface area contributed by atoms with E-state index in [0.717, 1.165) is 0 Å². The third-order valence-electron chi connectivity index (χ3n) is 1.97. The van der Waals surface area contributed by atoms with Crippen LogP contribution in [0.5, 0.6) is 0 Å². The molecule has 0 aromatic heterocycles. The monoisotopic (exact) mass is 229 g/mol. The van der Waals surface area contributed by atoms with Crippen LogP contribution in [-0.4, -0.2) is 29.5 Å². The second-order valence-corrected chi connectivity index (χ2v) is 3.57. The van der Waals surface area contributed by atoms with Crippen molar-refractivity contribution < 1.29 is 14.4 Å². The van der Waals surface area contributed by atoms with E-state index < -0.39 is 7.12 Å². The second-order valence-electron chi connectivity index (χ2n) is 3.12. The minimum atomic E-state index is -1.56. The van der Waals surface area contributed by atoms with E-state index >= 15 is 0 Å². The lowest BCUT2D eigenvalue weighted by Crippen LogP contribution is -2.31. The highest BCUT2D eigenvalue weighted by atomic mass is 32.1. The largest absolute Gasteiger partial charge is 0.488 e. The molecule has 0 bridgehead atoms. The van der Waals surface area contributed by atoms with Crippen molar-refractivity contribution in [3.8, 4) is 0 Å². The highest BCUT2D eigenvalue weighted by Crippen LogP contribution is 2.04. The van der Waals surface area contributed by atoms with E-state index in [4.69, 9.17) is 10.0 Å². The van der Waals surface area contributed by atoms with E-state index in [2.05, 4.69) is 17.9 Å². The van der Waals surface area contributed by atoms with Crippen LogP contribution in [0, 0.1) is 5.82 Å². The summed E-state index contributed by atoms with van der Waals surface area (Å²) in [4.78, 5) is 0. The van der Waals surface area contributed by atoms with Crippen LogP contribution < -0.4 is 10.8 Å². The molecule has 0 spiro atoms. The van der Waals surface area contributed by atoms with Crippen LogP contribution in [0.3, 0.4) is 0 Å². The van der Waals surface area contributed by atoms with Gasteiger partial charge in [0, 0.05) is 24.4 Å². The van der Waals surface area contributed by atoms with Crippen molar-refractivity contribution in [3.05, 3.63) is 29.6 Å². The van der Waals surface area contributed by atoms with Gasteiger partial charge in [-0.15, -0.1) is 0 Å². The molecule has 0 radical (unpaired) electrons. The predicted octanol–water partition coefficient (Wildman–Crippen LogP) is -0.475. The first-order valence-corrected chi connectivity index (χ1v) is 5.24. The Bertz CT molecular complexity index is 325. The maximum Gasteiger partial charge on any atom is 0.488 e. The van der Waals surface area contributed by atoms with Crippen molar-refractivity contribution in [2.75, 3.05) is 12.3 Å². The van der Waals surface area contributed by atoms with Gasteiger partial charge in [-0.05, 0) is 11.5 Å². The minimum Gasteiger partial charge on any atom is -0.423 e. The first-order chi connectivity index (χ1) is 7.15. The van der Waals surface area contributed by atoms with Gasteiger partial charge in [0.05, 0.1) is 0 Å². The molecule has 3 nitrogen and oxygen atoms in total. The fraction of sp³-hybridized carbons (Fsp3) is 0.333. The lowest BCUT2D eigenvalue weighted by atomic mass is 9.79. The van der Waals surface area contributed by atoms with E-state index in [9.17, 15) is 4.39 Å². The summed E-state index contributed by atoms with van der Waals surface area (Å²) in [6, 6.07) is 4.01. The second kappa shape index (κ2) is 6.12. The molecule has 3 N–H and O–H groups in total. The van der Waals surface area contributed by atoms with Gasteiger partial charge in [0.2, 0.25) is 0 Å². The van der Waals surface area contributed by atoms with Gasteiger partial charge in [-0.25, -0.2) is 4.39 Å². The van der Waals surface area contributed by atoms with Crippen LogP contribution >= 0.6 is 12.6 Å². The van der Waals surface area contributed by atoms with Crippen molar-refractivity contribution >= 4 is 25.2 Å². The van der Waals surface area contributed by atoms with Gasteiger partial charge >= 0.3 is 7.12 Å². The zero-order chi connectivity index (χ0) is 11.3. The lowest BCUT2D eigenvalue weighted by Gasteiger charge is -2.07. The summed E-state index contributed by atoms with van der Waals surface area (Å²) in [6.45, 7) is 1.03. The molecular formula is C9H13BFNO2S. The molecule has 0 aliphatic carbocycles. The minimum absolute atomic E-state index is 0.291. The number of hydrogen-bond acceptors (Lipinski definition) is 4. The Morgan fingerprint density at radius 3 is 2.73 bits per heavy atom. The molecule has 0 aliphatic rings. The molecule has 1 aromatic rings. The maximum atomic E-state index is 13.2. The van der Waals surface area contributed by atoms with Crippen LogP contribution in [0.4, 0.5) is 4.39 Å². The van der Waals surface area contributed by atoms with Crippen molar-refractivity contribution in [2.45, 2.75) is 6.54 Å². The summed E-state index contributed by atoms with van der Waals surface area (Å²) in [5.41, 5.74) is 0.710. The van der Waals surface area contributed by atoms with Crippen molar-refractivity contribution in [1.29, 1.82) is 0 Å². The molecule has 0 heterocycles. The molecule has 0 atom stereocenters. The number of halogens is 1. The van der Waals surface area contributed by atoms with Crippen molar-refractivity contribution in [2.24, 2.45) is 0 Å². The quantitative estimate of drug-likeness (QED) is 0.313. The fourth-order valence-corrected chi connectivity index (χ4v) is 1.35. The third-order valence-corrected chi connectivity index (χ3v) is 2.20. The van der Waals surface area contributed by atoms with Crippen molar-refractivity contribution in [1.82, 2.24) is 5.32 Å². The van der Waals surface area contributed by atoms with E-state index in [0.29, 0.717) is 29.9 Å². The van der Waals surface area contributed by atoms with E-state index in [-0.39, 0.29) is 5.82 Å². The summed E-state index contributed by atoms with van der Waals surface area (Å²) in [5, 5.41) is 20.8. The number of rotatable bonds is 5. The SMILES string of the molecule is OB(O)c1ccc(F)c(CNCCS)c1. The van der Waals surface area contributed by atoms with Crippen LogP contribution in [0.25, 0.3) is 0 Å². The standard InChI is InChI=1S/C9H13BFNO2S/c11-9-2-1-8(10(13)14)5-7(9)6-12-3-4-15/h1-2,5,12-15H,3-4,6H2. The van der Waals surface area contributed by atoms with E-state index in [1.807, 2.05) is 0 Å². The first kappa shape index (κ1) is 12.5. The molecule has 1 rings (SSSR count). The topological polar surface area (TPSA) is 52.5 Å². The molecule has 0 amide bonds. The molecule has 0 saturated heterocycles. The molecule has 6 heteroatoms. The summed E-state index contributed by atoms with van der Waals surface area (Å²) in [7, 11) is -1.56. The van der Waals surface area contributed by atoms with E-state index in [1.165, 1.54) is 18.2 Å². The third kappa shape index (κ3) is 3.83. The van der Waals surface area contributed by atoms with Crippen LogP contribution in [0.1, 0.15) is 5.56 Å². The molecule has 0 fully saturated rings. The summed E-state index contributed by atoms with van der Waals surface area (Å²) < 4.78 is 13.2. The zero-order valence-corrected chi connectivity index (χ0v) is 9.04. The highest BCUT2D eigenvalue weighted by molar-refractivity contribution is 7.80. The Labute approximate surface area is 93.9 Å². The number of hydrogen-bond donors (Lipinski definition) is 4. The molecule has 0 aliphatic heterocycles. The Kier molecular flexibility index (Phi) is 5.11. The van der Waals surface area contributed by atoms with Crippen LogP contribution in [0.15, 0.2) is 18.2 Å². The van der Waals surface area contributed by atoms with Gasteiger partial charge in [-0.2, -0.15) is 12.6 Å². The molecule has 82 valence electrons. The molecule has 1 aromatic carbocycles. The summed E-state index contributed by atoms with van der Waals surface area (Å²) in [6.07, 6.45) is 0. The zero-order valence-electron chi connectivity index (χ0n) is 8.15. The van der Waals surface area contributed by atoms with Gasteiger partial charge in [-0.3, -0.25) is 0 Å². The smallest absolute Gasteiger partial charge is 0.423 e. The van der Waals surface area contributed by atoms with Gasteiger partial charge in [-0.1, -0.05) is 12.1 Å². The molecule has 0 unspecified atom stereocenters. The lowest BCUT2D eigenvalue weighted by molar-refractivity contribution is 0.425. The van der Waals surface area contributed by atoms with Crippen LogP contribution in [-0.2, 0) is 6.54 Å². The summed E-state index contributed by atoms with van der Waals surface area (Å²) in [5.74, 6) is 0.315. The fourth-order valence-electron chi connectivity index (χ4n) is 1.19. The van der Waals surface area contributed by atoms with Gasteiger partial charge in [0.1, 0.15) is 5.82 Å². The molecular weight excluding hydrogens is 216 g/mol. The van der Waals surface area contributed by atoms with Gasteiger partial charge in [0.25, 0.3) is 0 Å². The average Bonchev–Trinajstić information content (AvgIpc) is 2.20. The average molecular weight is 229 g/mol. The Morgan fingerprint density at radius 1 is 1.40 bits per heavy atom. The number of thiol groups is 1. The van der Waals surface area contributed by atoms with Gasteiger partial charge in [0.15, 0.2) is 0 Å². The highest BCUT2D eigenvalue weighted by Gasteiger charge is 2.12. The Balaban J connectivity index is 2.72. The summed E-state index contributed by atoms with van der Waals surface area (Å²) >= 11 is 4.01. The first-order valence-electron chi connectivity index (χ1n) is 4.61. The van der Waals surface area contributed by atoms with Crippen molar-refractivity contribution in [3.63, 3.8) is 0 Å². The molecule has 15 heavy (non-hydrogen) atoms. The maximum absolute atomic E-state index is 13.2. The Morgan fingerprint density at radius 2 is 2.13 bits per heavy atom. The molecule has 0 saturated carbocycles. The normalized spacial score (nSPS) is 10.4. The Hall–Kier alpha value is -0.555. The predicted molar refractivity (Wildman–Crippen MR) is 61.8 cm³/mol.